The standard InChI is InChI=1S/C21H29NO2Si/c1-21(2,3)25(4,5)24-19(16-11-7-6-8-12-16)18-15-23-20(22-18)17-13-9-10-14-17/h6-14,17-19H,15H2,1-5H3/t18-,19-/m0/s1. The number of hydrogen-bond donors (Lipinski definition) is 0. The lowest BCUT2D eigenvalue weighted by Crippen LogP contribution is -2.44. The number of hydrogen-bond acceptors (Lipinski definition) is 3. The smallest absolute Gasteiger partial charge is 0.194 e. The van der Waals surface area contributed by atoms with Crippen molar-refractivity contribution in [3.8, 4) is 0 Å². The predicted octanol–water partition coefficient (Wildman–Crippen LogP) is 5.29. The molecule has 3 rings (SSSR count). The average Bonchev–Trinajstić information content (AvgIpc) is 3.23. The van der Waals surface area contributed by atoms with Crippen molar-refractivity contribution in [2.45, 2.75) is 51.0 Å². The van der Waals surface area contributed by atoms with Gasteiger partial charge in [0.05, 0.1) is 12.0 Å². The second-order valence-electron chi connectivity index (χ2n) is 8.35. The van der Waals surface area contributed by atoms with E-state index in [-0.39, 0.29) is 23.1 Å². The molecule has 1 aliphatic heterocycles. The average molecular weight is 356 g/mol. The minimum absolute atomic E-state index is 0.00826. The summed E-state index contributed by atoms with van der Waals surface area (Å²) < 4.78 is 12.7. The zero-order valence-electron chi connectivity index (χ0n) is 15.9. The fourth-order valence-electron chi connectivity index (χ4n) is 2.85. The minimum atomic E-state index is -1.92. The molecule has 0 N–H and O–H groups in total. The zero-order chi connectivity index (χ0) is 18.1. The first-order chi connectivity index (χ1) is 11.8. The van der Waals surface area contributed by atoms with Crippen LogP contribution in [0.3, 0.4) is 0 Å². The number of rotatable bonds is 5. The molecule has 134 valence electrons. The second kappa shape index (κ2) is 6.93. The van der Waals surface area contributed by atoms with Gasteiger partial charge in [0.1, 0.15) is 12.6 Å². The lowest BCUT2D eigenvalue weighted by atomic mass is 10.0. The monoisotopic (exact) mass is 355 g/mol. The van der Waals surface area contributed by atoms with Gasteiger partial charge in [-0.15, -0.1) is 0 Å². The third-order valence-electron chi connectivity index (χ3n) is 5.43. The van der Waals surface area contributed by atoms with Crippen molar-refractivity contribution in [2.75, 3.05) is 6.61 Å². The second-order valence-corrected chi connectivity index (χ2v) is 13.1. The van der Waals surface area contributed by atoms with E-state index >= 15 is 0 Å². The van der Waals surface area contributed by atoms with E-state index in [4.69, 9.17) is 14.2 Å². The Balaban J connectivity index is 1.87. The van der Waals surface area contributed by atoms with E-state index < -0.39 is 8.32 Å². The first kappa shape index (κ1) is 18.1. The highest BCUT2D eigenvalue weighted by Gasteiger charge is 2.42. The molecular formula is C21H29NO2Si. The van der Waals surface area contributed by atoms with Crippen LogP contribution in [-0.2, 0) is 9.16 Å². The van der Waals surface area contributed by atoms with Gasteiger partial charge in [0.2, 0.25) is 0 Å². The van der Waals surface area contributed by atoms with Crippen molar-refractivity contribution < 1.29 is 9.16 Å². The Kier molecular flexibility index (Phi) is 5.03. The van der Waals surface area contributed by atoms with Crippen LogP contribution >= 0.6 is 0 Å². The normalized spacial score (nSPS) is 22.1. The molecular weight excluding hydrogens is 326 g/mol. The topological polar surface area (TPSA) is 30.8 Å². The van der Waals surface area contributed by atoms with Crippen LogP contribution in [0.25, 0.3) is 0 Å². The zero-order valence-corrected chi connectivity index (χ0v) is 16.9. The van der Waals surface area contributed by atoms with E-state index in [0.717, 1.165) is 5.90 Å². The van der Waals surface area contributed by atoms with Gasteiger partial charge in [0.15, 0.2) is 14.2 Å². The van der Waals surface area contributed by atoms with Crippen LogP contribution in [0, 0.1) is 5.92 Å². The summed E-state index contributed by atoms with van der Waals surface area (Å²) in [5.41, 5.74) is 1.18. The van der Waals surface area contributed by atoms with Gasteiger partial charge >= 0.3 is 0 Å². The lowest BCUT2D eigenvalue weighted by Gasteiger charge is -2.40. The molecule has 0 amide bonds. The van der Waals surface area contributed by atoms with E-state index in [0.29, 0.717) is 6.61 Å². The Morgan fingerprint density at radius 1 is 1.12 bits per heavy atom. The maximum absolute atomic E-state index is 6.80. The highest BCUT2D eigenvalue weighted by molar-refractivity contribution is 6.74. The number of aliphatic imine (C=N–C) groups is 1. The van der Waals surface area contributed by atoms with Crippen LogP contribution in [0.15, 0.2) is 59.6 Å². The van der Waals surface area contributed by atoms with Gasteiger partial charge < -0.3 is 9.16 Å². The molecule has 0 unspecified atom stereocenters. The number of nitrogens with zero attached hydrogens (tertiary/aromatic N) is 1. The molecule has 25 heavy (non-hydrogen) atoms. The summed E-state index contributed by atoms with van der Waals surface area (Å²) in [5, 5.41) is 0.156. The third-order valence-corrected chi connectivity index (χ3v) is 9.89. The van der Waals surface area contributed by atoms with Gasteiger partial charge in [0.25, 0.3) is 0 Å². The Hall–Kier alpha value is -1.65. The van der Waals surface area contributed by atoms with Gasteiger partial charge in [-0.3, -0.25) is 0 Å². The third kappa shape index (κ3) is 3.96. The summed E-state index contributed by atoms with van der Waals surface area (Å²) in [4.78, 5) is 4.90. The molecule has 0 fully saturated rings. The van der Waals surface area contributed by atoms with E-state index in [1.807, 2.05) is 18.2 Å². The Bertz CT molecular complexity index is 674. The highest BCUT2D eigenvalue weighted by atomic mass is 28.4. The fraction of sp³-hybridized carbons (Fsp3) is 0.476. The van der Waals surface area contributed by atoms with Gasteiger partial charge in [-0.05, 0) is 23.7 Å². The lowest BCUT2D eigenvalue weighted by molar-refractivity contribution is 0.136. The van der Waals surface area contributed by atoms with Crippen molar-refractivity contribution in [3.05, 3.63) is 60.2 Å². The highest BCUT2D eigenvalue weighted by Crippen LogP contribution is 2.41. The minimum Gasteiger partial charge on any atom is -0.478 e. The largest absolute Gasteiger partial charge is 0.478 e. The molecule has 2 atom stereocenters. The van der Waals surface area contributed by atoms with Crippen molar-refractivity contribution in [1.29, 1.82) is 0 Å². The van der Waals surface area contributed by atoms with E-state index in [9.17, 15) is 0 Å². The molecule has 1 aromatic rings. The van der Waals surface area contributed by atoms with Crippen LogP contribution in [0.2, 0.25) is 18.1 Å². The van der Waals surface area contributed by atoms with Crippen molar-refractivity contribution in [3.63, 3.8) is 0 Å². The molecule has 0 bridgehead atoms. The SMILES string of the molecule is CC(C)(C)[Si](C)(C)O[C@@H](c1ccccc1)[C@@H]1COC(C2C=CC=C2)=N1. The van der Waals surface area contributed by atoms with Crippen LogP contribution in [-0.4, -0.2) is 26.9 Å². The van der Waals surface area contributed by atoms with E-state index in [2.05, 4.69) is 70.3 Å². The molecule has 1 aliphatic carbocycles. The molecule has 0 radical (unpaired) electrons. The molecule has 0 saturated carbocycles. The van der Waals surface area contributed by atoms with Crippen LogP contribution < -0.4 is 0 Å². The first-order valence-corrected chi connectivity index (χ1v) is 12.0. The molecule has 1 heterocycles. The summed E-state index contributed by atoms with van der Waals surface area (Å²) in [6.07, 6.45) is 8.27. The summed E-state index contributed by atoms with van der Waals surface area (Å²) >= 11 is 0. The number of ether oxygens (including phenoxy) is 1. The summed E-state index contributed by atoms with van der Waals surface area (Å²) in [6, 6.07) is 10.5. The van der Waals surface area contributed by atoms with Crippen molar-refractivity contribution in [1.82, 2.24) is 0 Å². The quantitative estimate of drug-likeness (QED) is 0.672. The molecule has 0 spiro atoms. The maximum atomic E-state index is 6.80. The summed E-state index contributed by atoms with van der Waals surface area (Å²) in [7, 11) is -1.92. The van der Waals surface area contributed by atoms with Gasteiger partial charge in [-0.1, -0.05) is 75.4 Å². The Labute approximate surface area is 152 Å². The number of benzene rings is 1. The molecule has 0 saturated heterocycles. The van der Waals surface area contributed by atoms with Crippen molar-refractivity contribution in [2.24, 2.45) is 10.9 Å². The maximum Gasteiger partial charge on any atom is 0.194 e. The molecule has 0 aromatic heterocycles. The van der Waals surface area contributed by atoms with Gasteiger partial charge in [0, 0.05) is 0 Å². The molecule has 3 nitrogen and oxygen atoms in total. The van der Waals surface area contributed by atoms with Crippen LogP contribution in [0.4, 0.5) is 0 Å². The molecule has 2 aliphatic rings. The Morgan fingerprint density at radius 2 is 1.76 bits per heavy atom. The van der Waals surface area contributed by atoms with Crippen molar-refractivity contribution >= 4 is 14.2 Å². The van der Waals surface area contributed by atoms with Gasteiger partial charge in [-0.25, -0.2) is 4.99 Å². The molecule has 4 heteroatoms. The van der Waals surface area contributed by atoms with Crippen LogP contribution in [0.5, 0.6) is 0 Å². The molecule has 1 aromatic carbocycles. The summed E-state index contributed by atoms with van der Waals surface area (Å²) in [6.45, 7) is 12.0. The predicted molar refractivity (Wildman–Crippen MR) is 106 cm³/mol. The Morgan fingerprint density at radius 3 is 2.36 bits per heavy atom. The number of allylic oxidation sites excluding steroid dienone is 2. The first-order valence-electron chi connectivity index (χ1n) is 9.06. The van der Waals surface area contributed by atoms with E-state index in [1.165, 1.54) is 5.56 Å². The summed E-state index contributed by atoms with van der Waals surface area (Å²) in [5.74, 6) is 0.990. The van der Waals surface area contributed by atoms with E-state index in [1.54, 1.807) is 0 Å². The van der Waals surface area contributed by atoms with Crippen LogP contribution in [0.1, 0.15) is 32.4 Å². The van der Waals surface area contributed by atoms with Gasteiger partial charge in [-0.2, -0.15) is 0 Å². The fourth-order valence-corrected chi connectivity index (χ4v) is 4.13.